The number of hydrogen-bond donors (Lipinski definition) is 2. The number of β-amino-alcohol motifs (C(OH)–C–C–N with tert-alkyl or cyclic N) is 1. The van der Waals surface area contributed by atoms with Gasteiger partial charge in [0.1, 0.15) is 11.6 Å². The van der Waals surface area contributed by atoms with Crippen LogP contribution >= 0.6 is 0 Å². The monoisotopic (exact) mass is 257 g/mol. The second-order valence-corrected chi connectivity index (χ2v) is 6.01. The molecule has 0 spiro atoms. The third kappa shape index (κ3) is 5.10. The summed E-state index contributed by atoms with van der Waals surface area (Å²) >= 11 is 0. The van der Waals surface area contributed by atoms with Crippen molar-refractivity contribution in [1.82, 2.24) is 5.32 Å². The highest BCUT2D eigenvalue weighted by atomic mass is 19.1. The lowest BCUT2D eigenvalue weighted by atomic mass is 9.95. The Balaban J connectivity index is 2.72. The largest absolute Gasteiger partial charge is 0.389 e. The van der Waals surface area contributed by atoms with Gasteiger partial charge < -0.3 is 10.4 Å². The lowest BCUT2D eigenvalue weighted by molar-refractivity contribution is 0.0526. The van der Waals surface area contributed by atoms with Crippen molar-refractivity contribution in [2.45, 2.75) is 45.3 Å². The predicted octanol–water partition coefficient (Wildman–Crippen LogP) is 2.65. The number of halogens is 2. The van der Waals surface area contributed by atoms with E-state index >= 15 is 0 Å². The zero-order chi connectivity index (χ0) is 14.0. The summed E-state index contributed by atoms with van der Waals surface area (Å²) in [4.78, 5) is 0. The van der Waals surface area contributed by atoms with E-state index in [1.807, 2.05) is 20.8 Å². The molecule has 1 atom stereocenters. The molecule has 0 amide bonds. The quantitative estimate of drug-likeness (QED) is 0.869. The predicted molar refractivity (Wildman–Crippen MR) is 68.4 cm³/mol. The fourth-order valence-corrected chi connectivity index (χ4v) is 1.61. The van der Waals surface area contributed by atoms with Gasteiger partial charge in [-0.1, -0.05) is 0 Å². The Kier molecular flexibility index (Phi) is 4.46. The first-order chi connectivity index (χ1) is 8.09. The van der Waals surface area contributed by atoms with Crippen LogP contribution in [0.4, 0.5) is 8.78 Å². The molecule has 0 aliphatic carbocycles. The molecule has 0 fully saturated rings. The molecule has 1 aromatic rings. The van der Waals surface area contributed by atoms with Gasteiger partial charge in [0.2, 0.25) is 0 Å². The van der Waals surface area contributed by atoms with Gasteiger partial charge in [-0.25, -0.2) is 8.78 Å². The van der Waals surface area contributed by atoms with E-state index in [9.17, 15) is 13.9 Å². The van der Waals surface area contributed by atoms with Crippen LogP contribution in [-0.2, 0) is 6.42 Å². The summed E-state index contributed by atoms with van der Waals surface area (Å²) in [5.41, 5.74) is -1.07. The van der Waals surface area contributed by atoms with Gasteiger partial charge in [-0.05, 0) is 51.5 Å². The van der Waals surface area contributed by atoms with Crippen molar-refractivity contribution in [2.24, 2.45) is 0 Å². The second kappa shape index (κ2) is 5.33. The molecule has 0 aromatic heterocycles. The number of benzene rings is 1. The summed E-state index contributed by atoms with van der Waals surface area (Å²) < 4.78 is 26.5. The van der Waals surface area contributed by atoms with Crippen LogP contribution in [0.15, 0.2) is 18.2 Å². The molecule has 4 heteroatoms. The van der Waals surface area contributed by atoms with Crippen LogP contribution in [0.2, 0.25) is 0 Å². The molecule has 0 aliphatic heterocycles. The molecule has 0 bridgehead atoms. The molecular weight excluding hydrogens is 236 g/mol. The topological polar surface area (TPSA) is 32.3 Å². The third-order valence-electron chi connectivity index (χ3n) is 2.58. The Morgan fingerprint density at radius 3 is 2.33 bits per heavy atom. The summed E-state index contributed by atoms with van der Waals surface area (Å²) in [6, 6.07) is 3.28. The van der Waals surface area contributed by atoms with Gasteiger partial charge in [-0.2, -0.15) is 0 Å². The summed E-state index contributed by atoms with van der Waals surface area (Å²) in [6.45, 7) is 7.85. The molecule has 18 heavy (non-hydrogen) atoms. The third-order valence-corrected chi connectivity index (χ3v) is 2.58. The first-order valence-corrected chi connectivity index (χ1v) is 6.00. The molecule has 0 saturated carbocycles. The van der Waals surface area contributed by atoms with Crippen LogP contribution in [-0.4, -0.2) is 22.8 Å². The van der Waals surface area contributed by atoms with Crippen LogP contribution < -0.4 is 5.32 Å². The van der Waals surface area contributed by atoms with Crippen LogP contribution in [0.3, 0.4) is 0 Å². The molecule has 1 aromatic carbocycles. The summed E-state index contributed by atoms with van der Waals surface area (Å²) in [7, 11) is 0. The fourth-order valence-electron chi connectivity index (χ4n) is 1.61. The van der Waals surface area contributed by atoms with E-state index in [0.717, 1.165) is 18.2 Å². The number of rotatable bonds is 4. The average Bonchev–Trinajstić information content (AvgIpc) is 2.20. The van der Waals surface area contributed by atoms with Crippen molar-refractivity contribution in [3.05, 3.63) is 35.4 Å². The van der Waals surface area contributed by atoms with Crippen molar-refractivity contribution in [2.75, 3.05) is 6.54 Å². The van der Waals surface area contributed by atoms with Gasteiger partial charge in [-0.15, -0.1) is 0 Å². The molecule has 0 aliphatic rings. The summed E-state index contributed by atoms with van der Waals surface area (Å²) in [6.07, 6.45) is 0.0691. The van der Waals surface area contributed by atoms with Crippen molar-refractivity contribution in [3.8, 4) is 0 Å². The molecule has 0 saturated heterocycles. The summed E-state index contributed by atoms with van der Waals surface area (Å²) in [5.74, 6) is -0.988. The minimum absolute atomic E-state index is 0.0691. The Hall–Kier alpha value is -1.00. The highest BCUT2D eigenvalue weighted by Gasteiger charge is 2.24. The van der Waals surface area contributed by atoms with E-state index in [2.05, 4.69) is 5.32 Å². The Labute approximate surface area is 107 Å². The number of aliphatic hydroxyl groups is 1. The van der Waals surface area contributed by atoms with Crippen molar-refractivity contribution >= 4 is 0 Å². The maximum absolute atomic E-state index is 13.5. The van der Waals surface area contributed by atoms with E-state index in [0.29, 0.717) is 6.54 Å². The Morgan fingerprint density at radius 2 is 1.78 bits per heavy atom. The molecule has 1 rings (SSSR count). The number of nitrogens with one attached hydrogen (secondary N) is 1. The molecule has 0 heterocycles. The molecule has 2 N–H and O–H groups in total. The molecule has 1 unspecified atom stereocenters. The van der Waals surface area contributed by atoms with Crippen LogP contribution in [0.1, 0.15) is 33.3 Å². The highest BCUT2D eigenvalue weighted by Crippen LogP contribution is 2.17. The van der Waals surface area contributed by atoms with E-state index < -0.39 is 17.2 Å². The zero-order valence-electron chi connectivity index (χ0n) is 11.3. The Bertz CT molecular complexity index is 411. The van der Waals surface area contributed by atoms with Gasteiger partial charge in [0.25, 0.3) is 0 Å². The van der Waals surface area contributed by atoms with Crippen LogP contribution in [0.25, 0.3) is 0 Å². The van der Waals surface area contributed by atoms with Gasteiger partial charge in [0.15, 0.2) is 0 Å². The maximum atomic E-state index is 13.5. The average molecular weight is 257 g/mol. The SMILES string of the molecule is CC(O)(CNC(C)(C)C)Cc1cc(F)ccc1F. The summed E-state index contributed by atoms with van der Waals surface area (Å²) in [5, 5.41) is 13.3. The minimum atomic E-state index is -1.12. The molecule has 0 radical (unpaired) electrons. The zero-order valence-corrected chi connectivity index (χ0v) is 11.3. The van der Waals surface area contributed by atoms with Gasteiger partial charge in [0, 0.05) is 18.5 Å². The molecule has 102 valence electrons. The lowest BCUT2D eigenvalue weighted by Gasteiger charge is -2.29. The van der Waals surface area contributed by atoms with Crippen molar-refractivity contribution in [1.29, 1.82) is 0 Å². The molecule has 2 nitrogen and oxygen atoms in total. The minimum Gasteiger partial charge on any atom is -0.389 e. The van der Waals surface area contributed by atoms with E-state index in [4.69, 9.17) is 0 Å². The van der Waals surface area contributed by atoms with E-state index in [-0.39, 0.29) is 17.5 Å². The first-order valence-electron chi connectivity index (χ1n) is 6.00. The smallest absolute Gasteiger partial charge is 0.126 e. The van der Waals surface area contributed by atoms with Gasteiger partial charge >= 0.3 is 0 Å². The van der Waals surface area contributed by atoms with Gasteiger partial charge in [0.05, 0.1) is 5.60 Å². The maximum Gasteiger partial charge on any atom is 0.126 e. The van der Waals surface area contributed by atoms with E-state index in [1.54, 1.807) is 6.92 Å². The van der Waals surface area contributed by atoms with Crippen LogP contribution in [0.5, 0.6) is 0 Å². The highest BCUT2D eigenvalue weighted by molar-refractivity contribution is 5.20. The van der Waals surface area contributed by atoms with Gasteiger partial charge in [-0.3, -0.25) is 0 Å². The Morgan fingerprint density at radius 1 is 1.17 bits per heavy atom. The standard InChI is InChI=1S/C14H21F2NO/c1-13(2,3)17-9-14(4,18)8-10-7-11(15)5-6-12(10)16/h5-7,17-18H,8-9H2,1-4H3. The normalized spacial score (nSPS) is 15.5. The second-order valence-electron chi connectivity index (χ2n) is 6.01. The van der Waals surface area contributed by atoms with Crippen molar-refractivity contribution < 1.29 is 13.9 Å². The fraction of sp³-hybridized carbons (Fsp3) is 0.571. The van der Waals surface area contributed by atoms with E-state index in [1.165, 1.54) is 0 Å². The first kappa shape index (κ1) is 15.1. The van der Waals surface area contributed by atoms with Crippen molar-refractivity contribution in [3.63, 3.8) is 0 Å². The van der Waals surface area contributed by atoms with Crippen LogP contribution in [0, 0.1) is 11.6 Å². The molecular formula is C14H21F2NO. The lowest BCUT2D eigenvalue weighted by Crippen LogP contribution is -2.47. The number of hydrogen-bond acceptors (Lipinski definition) is 2.